The van der Waals surface area contributed by atoms with Gasteiger partial charge in [-0.1, -0.05) is 38.1 Å². The first-order valence-corrected chi connectivity index (χ1v) is 9.18. The van der Waals surface area contributed by atoms with E-state index in [1.165, 1.54) is 18.7 Å². The molecule has 0 radical (unpaired) electrons. The van der Waals surface area contributed by atoms with Crippen molar-refractivity contribution in [3.8, 4) is 11.5 Å². The number of ketones is 1. The molecule has 0 N–H and O–H groups in total. The maximum Gasteiger partial charge on any atom is 0.331 e. The molecule has 2 aromatic carbocycles. The first kappa shape index (κ1) is 21.2. The summed E-state index contributed by atoms with van der Waals surface area (Å²) in [4.78, 5) is 24.1. The van der Waals surface area contributed by atoms with Gasteiger partial charge in [-0.2, -0.15) is 0 Å². The highest BCUT2D eigenvalue weighted by Crippen LogP contribution is 2.25. The molecule has 0 aliphatic carbocycles. The maximum absolute atomic E-state index is 12.2. The van der Waals surface area contributed by atoms with E-state index in [0.29, 0.717) is 28.5 Å². The number of carbonyl (C=O) groups excluding carboxylic acids is 2. The molecule has 148 valence electrons. The average molecular weight is 382 g/mol. The molecule has 0 spiro atoms. The molecule has 0 fully saturated rings. The molecule has 0 unspecified atom stereocenters. The SMILES string of the molecule is CC[C@H](C)c1ccc(C(=O)COC(=O)/C=C/c2ccc(OC)cc2OC)cc1. The number of methoxy groups -OCH3 is 2. The molecule has 0 heterocycles. The fourth-order valence-corrected chi connectivity index (χ4v) is 2.62. The van der Waals surface area contributed by atoms with Crippen LogP contribution in [0.4, 0.5) is 0 Å². The number of Topliss-reactive ketones (excluding diaryl/α,β-unsaturated/α-hetero) is 1. The Bertz CT molecular complexity index is 837. The summed E-state index contributed by atoms with van der Waals surface area (Å²) in [6, 6.07) is 12.7. The molecule has 2 aromatic rings. The summed E-state index contributed by atoms with van der Waals surface area (Å²) in [6.07, 6.45) is 3.88. The van der Waals surface area contributed by atoms with Gasteiger partial charge in [-0.15, -0.1) is 0 Å². The van der Waals surface area contributed by atoms with Crippen LogP contribution in [0.15, 0.2) is 48.5 Å². The molecule has 1 atom stereocenters. The number of carbonyl (C=O) groups is 2. The molecule has 0 saturated carbocycles. The highest BCUT2D eigenvalue weighted by Gasteiger charge is 2.10. The number of ether oxygens (including phenoxy) is 3. The molecule has 0 aliphatic heterocycles. The van der Waals surface area contributed by atoms with Gasteiger partial charge in [-0.3, -0.25) is 4.79 Å². The lowest BCUT2D eigenvalue weighted by Gasteiger charge is -2.09. The van der Waals surface area contributed by atoms with Crippen molar-refractivity contribution < 1.29 is 23.8 Å². The van der Waals surface area contributed by atoms with Crippen LogP contribution in [-0.4, -0.2) is 32.6 Å². The van der Waals surface area contributed by atoms with Crippen LogP contribution in [-0.2, 0) is 9.53 Å². The van der Waals surface area contributed by atoms with Gasteiger partial charge < -0.3 is 14.2 Å². The largest absolute Gasteiger partial charge is 0.497 e. The third-order valence-electron chi connectivity index (χ3n) is 4.60. The van der Waals surface area contributed by atoms with Crippen LogP contribution in [0.25, 0.3) is 6.08 Å². The number of hydrogen-bond donors (Lipinski definition) is 0. The minimum atomic E-state index is -0.595. The summed E-state index contributed by atoms with van der Waals surface area (Å²) >= 11 is 0. The highest BCUT2D eigenvalue weighted by atomic mass is 16.5. The molecule has 0 bridgehead atoms. The van der Waals surface area contributed by atoms with Crippen LogP contribution >= 0.6 is 0 Å². The van der Waals surface area contributed by atoms with Gasteiger partial charge in [0, 0.05) is 23.3 Å². The zero-order valence-corrected chi connectivity index (χ0v) is 16.7. The Labute approximate surface area is 165 Å². The van der Waals surface area contributed by atoms with Gasteiger partial charge in [0.25, 0.3) is 0 Å². The van der Waals surface area contributed by atoms with E-state index in [2.05, 4.69) is 13.8 Å². The summed E-state index contributed by atoms with van der Waals surface area (Å²) in [6.45, 7) is 3.96. The van der Waals surface area contributed by atoms with Crippen molar-refractivity contribution in [2.45, 2.75) is 26.2 Å². The van der Waals surface area contributed by atoms with Gasteiger partial charge in [0.15, 0.2) is 12.4 Å². The molecule has 28 heavy (non-hydrogen) atoms. The number of hydrogen-bond acceptors (Lipinski definition) is 5. The molecular weight excluding hydrogens is 356 g/mol. The van der Waals surface area contributed by atoms with Crippen LogP contribution < -0.4 is 9.47 Å². The van der Waals surface area contributed by atoms with Crippen molar-refractivity contribution in [3.63, 3.8) is 0 Å². The van der Waals surface area contributed by atoms with Crippen LogP contribution in [0, 0.1) is 0 Å². The van der Waals surface area contributed by atoms with Gasteiger partial charge >= 0.3 is 5.97 Å². The zero-order chi connectivity index (χ0) is 20.5. The van der Waals surface area contributed by atoms with E-state index < -0.39 is 5.97 Å². The molecule has 0 saturated heterocycles. The minimum Gasteiger partial charge on any atom is -0.497 e. The van der Waals surface area contributed by atoms with Crippen LogP contribution in [0.2, 0.25) is 0 Å². The third-order valence-corrected chi connectivity index (χ3v) is 4.60. The Morgan fingerprint density at radius 1 is 1.04 bits per heavy atom. The Balaban J connectivity index is 1.93. The summed E-state index contributed by atoms with van der Waals surface area (Å²) in [7, 11) is 3.10. The molecule has 0 amide bonds. The maximum atomic E-state index is 12.2. The quantitative estimate of drug-likeness (QED) is 0.359. The number of benzene rings is 2. The normalized spacial score (nSPS) is 11.9. The zero-order valence-electron chi connectivity index (χ0n) is 16.7. The first-order valence-electron chi connectivity index (χ1n) is 9.18. The summed E-state index contributed by atoms with van der Waals surface area (Å²) in [5, 5.41) is 0. The molecule has 2 rings (SSSR count). The first-order chi connectivity index (χ1) is 13.5. The average Bonchev–Trinajstić information content (AvgIpc) is 2.75. The number of rotatable bonds is 9. The second kappa shape index (κ2) is 10.3. The van der Waals surface area contributed by atoms with Gasteiger partial charge in [-0.25, -0.2) is 4.79 Å². The van der Waals surface area contributed by atoms with E-state index in [1.54, 1.807) is 43.5 Å². The van der Waals surface area contributed by atoms with Crippen molar-refractivity contribution in [2.75, 3.05) is 20.8 Å². The lowest BCUT2D eigenvalue weighted by molar-refractivity contribution is -0.136. The van der Waals surface area contributed by atoms with E-state index in [-0.39, 0.29) is 12.4 Å². The Kier molecular flexibility index (Phi) is 7.81. The monoisotopic (exact) mass is 382 g/mol. The van der Waals surface area contributed by atoms with E-state index in [9.17, 15) is 9.59 Å². The van der Waals surface area contributed by atoms with E-state index >= 15 is 0 Å². The highest BCUT2D eigenvalue weighted by molar-refractivity contribution is 5.99. The lowest BCUT2D eigenvalue weighted by atomic mass is 9.97. The van der Waals surface area contributed by atoms with Crippen molar-refractivity contribution in [1.82, 2.24) is 0 Å². The van der Waals surface area contributed by atoms with Gasteiger partial charge in [0.1, 0.15) is 11.5 Å². The Morgan fingerprint density at radius 2 is 1.75 bits per heavy atom. The molecule has 0 aromatic heterocycles. The summed E-state index contributed by atoms with van der Waals surface area (Å²) in [5.74, 6) is 0.839. The second-order valence-corrected chi connectivity index (χ2v) is 6.40. The minimum absolute atomic E-state index is 0.237. The number of esters is 1. The topological polar surface area (TPSA) is 61.8 Å². The predicted octanol–water partition coefficient (Wildman–Crippen LogP) is 4.66. The summed E-state index contributed by atoms with van der Waals surface area (Å²) in [5.41, 5.74) is 2.42. The molecule has 5 heteroatoms. The van der Waals surface area contributed by atoms with Crippen LogP contribution in [0.3, 0.4) is 0 Å². The smallest absolute Gasteiger partial charge is 0.331 e. The van der Waals surface area contributed by atoms with Crippen LogP contribution in [0.5, 0.6) is 11.5 Å². The molecule has 0 aliphatic rings. The van der Waals surface area contributed by atoms with Crippen molar-refractivity contribution in [3.05, 3.63) is 65.2 Å². The summed E-state index contributed by atoms with van der Waals surface area (Å²) < 4.78 is 15.5. The van der Waals surface area contributed by atoms with E-state index in [1.807, 2.05) is 12.1 Å². The molecular formula is C23H26O5. The molecule has 5 nitrogen and oxygen atoms in total. The predicted molar refractivity (Wildman–Crippen MR) is 109 cm³/mol. The van der Waals surface area contributed by atoms with E-state index in [4.69, 9.17) is 14.2 Å². The fourth-order valence-electron chi connectivity index (χ4n) is 2.62. The lowest BCUT2D eigenvalue weighted by Crippen LogP contribution is -2.12. The van der Waals surface area contributed by atoms with Gasteiger partial charge in [0.2, 0.25) is 0 Å². The van der Waals surface area contributed by atoms with Crippen LogP contribution in [0.1, 0.15) is 47.7 Å². The van der Waals surface area contributed by atoms with Crippen molar-refractivity contribution >= 4 is 17.8 Å². The van der Waals surface area contributed by atoms with Gasteiger partial charge in [-0.05, 0) is 36.1 Å². The second-order valence-electron chi connectivity index (χ2n) is 6.40. The Morgan fingerprint density at radius 3 is 2.36 bits per heavy atom. The Hall–Kier alpha value is -3.08. The standard InChI is InChI=1S/C23H26O5/c1-5-16(2)17-6-8-18(9-7-17)21(24)15-28-23(25)13-11-19-10-12-20(26-3)14-22(19)27-4/h6-14,16H,5,15H2,1-4H3/b13-11+/t16-/m0/s1. The van der Waals surface area contributed by atoms with E-state index in [0.717, 1.165) is 6.42 Å². The van der Waals surface area contributed by atoms with Crippen molar-refractivity contribution in [1.29, 1.82) is 0 Å². The fraction of sp³-hybridized carbons (Fsp3) is 0.304. The van der Waals surface area contributed by atoms with Crippen molar-refractivity contribution in [2.24, 2.45) is 0 Å². The van der Waals surface area contributed by atoms with Gasteiger partial charge in [0.05, 0.1) is 14.2 Å². The third kappa shape index (κ3) is 5.71.